The van der Waals surface area contributed by atoms with Gasteiger partial charge in [-0.2, -0.15) is 4.98 Å². The first-order valence-corrected chi connectivity index (χ1v) is 6.81. The normalized spacial score (nSPS) is 10.6. The quantitative estimate of drug-likeness (QED) is 0.677. The highest BCUT2D eigenvalue weighted by atomic mass is 16.5. The summed E-state index contributed by atoms with van der Waals surface area (Å²) in [5.74, 6) is 1.60. The maximum absolute atomic E-state index is 12.0. The third-order valence-electron chi connectivity index (χ3n) is 3.24. The molecule has 0 bridgehead atoms. The van der Waals surface area contributed by atoms with Crippen molar-refractivity contribution in [1.82, 2.24) is 14.7 Å². The molecule has 0 N–H and O–H groups in total. The largest absolute Gasteiger partial charge is 0.485 e. The maximum atomic E-state index is 12.0. The molecule has 3 rings (SSSR count). The lowest BCUT2D eigenvalue weighted by molar-refractivity contribution is 0.0913. The van der Waals surface area contributed by atoms with Gasteiger partial charge in [0.1, 0.15) is 5.75 Å². The van der Waals surface area contributed by atoms with Crippen LogP contribution in [0.5, 0.6) is 5.75 Å². The standard InChI is InChI=1S/C16H15N3O3/c1-11-17-16(18-22-11)12-5-7-13(8-6-12)21-10-15(20)14-4-3-9-19(14)2/h3-9H,10H2,1-2H3. The van der Waals surface area contributed by atoms with Crippen molar-refractivity contribution in [3.8, 4) is 17.1 Å². The Bertz CT molecular complexity index is 787. The van der Waals surface area contributed by atoms with Crippen LogP contribution in [0, 0.1) is 6.92 Å². The van der Waals surface area contributed by atoms with E-state index in [0.29, 0.717) is 23.2 Å². The molecule has 0 spiro atoms. The van der Waals surface area contributed by atoms with Crippen molar-refractivity contribution in [2.45, 2.75) is 6.92 Å². The fraction of sp³-hybridized carbons (Fsp3) is 0.188. The Morgan fingerprint density at radius 1 is 1.27 bits per heavy atom. The molecular formula is C16H15N3O3. The van der Waals surface area contributed by atoms with Gasteiger partial charge >= 0.3 is 0 Å². The van der Waals surface area contributed by atoms with Crippen LogP contribution in [0.15, 0.2) is 47.1 Å². The highest BCUT2D eigenvalue weighted by molar-refractivity contribution is 5.95. The van der Waals surface area contributed by atoms with E-state index in [2.05, 4.69) is 10.1 Å². The molecule has 1 aromatic carbocycles. The topological polar surface area (TPSA) is 70.2 Å². The predicted octanol–water partition coefficient (Wildman–Crippen LogP) is 2.65. The summed E-state index contributed by atoms with van der Waals surface area (Å²) < 4.78 is 12.2. The molecule has 0 aliphatic heterocycles. The summed E-state index contributed by atoms with van der Waals surface area (Å²) in [6.07, 6.45) is 1.83. The number of aromatic nitrogens is 3. The van der Waals surface area contributed by atoms with Crippen molar-refractivity contribution < 1.29 is 14.1 Å². The van der Waals surface area contributed by atoms with E-state index in [1.54, 1.807) is 29.7 Å². The van der Waals surface area contributed by atoms with E-state index in [4.69, 9.17) is 9.26 Å². The molecule has 0 unspecified atom stereocenters. The Morgan fingerprint density at radius 3 is 2.64 bits per heavy atom. The summed E-state index contributed by atoms with van der Waals surface area (Å²) in [4.78, 5) is 16.2. The minimum Gasteiger partial charge on any atom is -0.485 e. The van der Waals surface area contributed by atoms with Gasteiger partial charge in [-0.15, -0.1) is 0 Å². The van der Waals surface area contributed by atoms with E-state index in [-0.39, 0.29) is 12.4 Å². The number of hydrogen-bond acceptors (Lipinski definition) is 5. The zero-order valence-electron chi connectivity index (χ0n) is 12.3. The first-order chi connectivity index (χ1) is 10.6. The molecule has 0 amide bonds. The van der Waals surface area contributed by atoms with Gasteiger partial charge in [0.15, 0.2) is 6.61 Å². The zero-order chi connectivity index (χ0) is 15.5. The Hall–Kier alpha value is -2.89. The number of rotatable bonds is 5. The van der Waals surface area contributed by atoms with E-state index in [1.165, 1.54) is 0 Å². The summed E-state index contributed by atoms with van der Waals surface area (Å²) in [6, 6.07) is 10.8. The SMILES string of the molecule is Cc1nc(-c2ccc(OCC(=O)c3cccn3C)cc2)no1. The Morgan fingerprint density at radius 2 is 2.05 bits per heavy atom. The minimum absolute atomic E-state index is 0.00147. The van der Waals surface area contributed by atoms with Gasteiger partial charge in [-0.1, -0.05) is 5.16 Å². The predicted molar refractivity (Wildman–Crippen MR) is 79.7 cm³/mol. The van der Waals surface area contributed by atoms with Crippen LogP contribution in [-0.4, -0.2) is 27.1 Å². The summed E-state index contributed by atoms with van der Waals surface area (Å²) in [6.45, 7) is 1.74. The molecule has 0 atom stereocenters. The molecule has 2 heterocycles. The lowest BCUT2D eigenvalue weighted by atomic mass is 10.2. The fourth-order valence-electron chi connectivity index (χ4n) is 2.09. The second-order valence-corrected chi connectivity index (χ2v) is 4.88. The van der Waals surface area contributed by atoms with E-state index in [0.717, 1.165) is 5.56 Å². The first kappa shape index (κ1) is 14.1. The average Bonchev–Trinajstić information content (AvgIpc) is 3.14. The molecular weight excluding hydrogens is 282 g/mol. The van der Waals surface area contributed by atoms with E-state index in [1.807, 2.05) is 31.4 Å². The van der Waals surface area contributed by atoms with Gasteiger partial charge in [0, 0.05) is 25.7 Å². The van der Waals surface area contributed by atoms with Crippen molar-refractivity contribution in [1.29, 1.82) is 0 Å². The summed E-state index contributed by atoms with van der Waals surface area (Å²) in [5, 5.41) is 3.85. The van der Waals surface area contributed by atoms with Gasteiger partial charge in [-0.05, 0) is 36.4 Å². The molecule has 6 nitrogen and oxygen atoms in total. The molecule has 0 aliphatic carbocycles. The Kier molecular flexibility index (Phi) is 3.74. The Balaban J connectivity index is 1.64. The molecule has 0 saturated carbocycles. The van der Waals surface area contributed by atoms with Gasteiger partial charge in [-0.25, -0.2) is 0 Å². The van der Waals surface area contributed by atoms with Gasteiger partial charge in [0.05, 0.1) is 5.69 Å². The smallest absolute Gasteiger partial charge is 0.223 e. The van der Waals surface area contributed by atoms with E-state index >= 15 is 0 Å². The molecule has 22 heavy (non-hydrogen) atoms. The summed E-state index contributed by atoms with van der Waals surface area (Å²) in [7, 11) is 1.83. The lowest BCUT2D eigenvalue weighted by Crippen LogP contribution is -2.14. The van der Waals surface area contributed by atoms with Crippen molar-refractivity contribution in [2.24, 2.45) is 7.05 Å². The van der Waals surface area contributed by atoms with Crippen molar-refractivity contribution >= 4 is 5.78 Å². The van der Waals surface area contributed by atoms with Gasteiger partial charge < -0.3 is 13.8 Å². The van der Waals surface area contributed by atoms with Crippen LogP contribution in [0.2, 0.25) is 0 Å². The van der Waals surface area contributed by atoms with Crippen molar-refractivity contribution in [2.75, 3.05) is 6.61 Å². The van der Waals surface area contributed by atoms with Gasteiger partial charge in [0.2, 0.25) is 17.5 Å². The summed E-state index contributed by atoms with van der Waals surface area (Å²) in [5.41, 5.74) is 1.46. The number of aryl methyl sites for hydroxylation is 2. The number of benzene rings is 1. The van der Waals surface area contributed by atoms with Gasteiger partial charge in [0.25, 0.3) is 0 Å². The molecule has 0 saturated heterocycles. The van der Waals surface area contributed by atoms with Crippen LogP contribution in [0.25, 0.3) is 11.4 Å². The van der Waals surface area contributed by atoms with Crippen LogP contribution < -0.4 is 4.74 Å². The molecule has 0 fully saturated rings. The van der Waals surface area contributed by atoms with Crippen LogP contribution in [0.1, 0.15) is 16.4 Å². The number of hydrogen-bond donors (Lipinski definition) is 0. The highest BCUT2D eigenvalue weighted by Gasteiger charge is 2.10. The highest BCUT2D eigenvalue weighted by Crippen LogP contribution is 2.20. The van der Waals surface area contributed by atoms with Crippen LogP contribution >= 0.6 is 0 Å². The maximum Gasteiger partial charge on any atom is 0.223 e. The molecule has 112 valence electrons. The first-order valence-electron chi connectivity index (χ1n) is 6.81. The molecule has 2 aromatic heterocycles. The third kappa shape index (κ3) is 2.90. The minimum atomic E-state index is -0.0645. The number of nitrogens with zero attached hydrogens (tertiary/aromatic N) is 3. The molecule has 0 aliphatic rings. The number of Topliss-reactive ketones (excluding diaryl/α,β-unsaturated/α-hetero) is 1. The van der Waals surface area contributed by atoms with Crippen LogP contribution in [0.4, 0.5) is 0 Å². The molecule has 0 radical (unpaired) electrons. The second kappa shape index (κ2) is 5.85. The van der Waals surface area contributed by atoms with E-state index in [9.17, 15) is 4.79 Å². The van der Waals surface area contributed by atoms with Crippen molar-refractivity contribution in [3.63, 3.8) is 0 Å². The van der Waals surface area contributed by atoms with Crippen LogP contribution in [-0.2, 0) is 7.05 Å². The number of ether oxygens (including phenoxy) is 1. The lowest BCUT2D eigenvalue weighted by Gasteiger charge is -2.06. The second-order valence-electron chi connectivity index (χ2n) is 4.88. The fourth-order valence-corrected chi connectivity index (χ4v) is 2.09. The zero-order valence-corrected chi connectivity index (χ0v) is 12.3. The number of carbonyl (C=O) groups excluding carboxylic acids is 1. The monoisotopic (exact) mass is 297 g/mol. The average molecular weight is 297 g/mol. The van der Waals surface area contributed by atoms with Crippen molar-refractivity contribution in [3.05, 3.63) is 54.2 Å². The number of carbonyl (C=O) groups is 1. The number of ketones is 1. The Labute approximate surface area is 127 Å². The molecule has 3 aromatic rings. The molecule has 6 heteroatoms. The van der Waals surface area contributed by atoms with Crippen LogP contribution in [0.3, 0.4) is 0 Å². The third-order valence-corrected chi connectivity index (χ3v) is 3.24. The van der Waals surface area contributed by atoms with Gasteiger partial charge in [-0.3, -0.25) is 4.79 Å². The summed E-state index contributed by atoms with van der Waals surface area (Å²) >= 11 is 0. The van der Waals surface area contributed by atoms with E-state index < -0.39 is 0 Å².